The minimum Gasteiger partial charge on any atom is -0.456 e. The van der Waals surface area contributed by atoms with Gasteiger partial charge >= 0.3 is 0 Å². The molecule has 0 spiro atoms. The smallest absolute Gasteiger partial charge is 0.291 e. The van der Waals surface area contributed by atoms with Gasteiger partial charge in [0.25, 0.3) is 5.91 Å². The first-order chi connectivity index (χ1) is 12.4. The number of nitrogens with zero attached hydrogens (tertiary/aromatic N) is 1. The molecule has 0 saturated heterocycles. The number of amides is 2. The van der Waals surface area contributed by atoms with E-state index in [1.54, 1.807) is 36.4 Å². The fraction of sp³-hybridized carbons (Fsp3) is 0.211. The molecular weight excluding hydrogens is 334 g/mol. The summed E-state index contributed by atoms with van der Waals surface area (Å²) in [5, 5.41) is 9.34. The van der Waals surface area contributed by atoms with Gasteiger partial charge in [-0.05, 0) is 50.2 Å². The fourth-order valence-electron chi connectivity index (χ4n) is 2.56. The minimum atomic E-state index is -0.345. The first kappa shape index (κ1) is 17.5. The van der Waals surface area contributed by atoms with Gasteiger partial charge in [0.1, 0.15) is 11.5 Å². The van der Waals surface area contributed by atoms with Crippen LogP contribution < -0.4 is 10.6 Å². The molecule has 0 aliphatic heterocycles. The van der Waals surface area contributed by atoms with E-state index in [4.69, 9.17) is 8.94 Å². The molecule has 2 amide bonds. The lowest BCUT2D eigenvalue weighted by atomic mass is 10.1. The number of aryl methyl sites for hydroxylation is 2. The summed E-state index contributed by atoms with van der Waals surface area (Å²) in [6.07, 6.45) is 0.514. The highest BCUT2D eigenvalue weighted by Crippen LogP contribution is 2.20. The first-order valence-corrected chi connectivity index (χ1v) is 8.12. The second-order valence-electron chi connectivity index (χ2n) is 5.96. The van der Waals surface area contributed by atoms with Crippen LogP contribution in [0.4, 0.5) is 11.4 Å². The summed E-state index contributed by atoms with van der Waals surface area (Å²) < 4.78 is 10.8. The molecule has 0 aliphatic carbocycles. The van der Waals surface area contributed by atoms with Gasteiger partial charge in [0.2, 0.25) is 5.91 Å². The zero-order chi connectivity index (χ0) is 18.7. The molecule has 26 heavy (non-hydrogen) atoms. The van der Waals surface area contributed by atoms with Gasteiger partial charge in [-0.25, -0.2) is 0 Å². The molecule has 0 radical (unpaired) electrons. The van der Waals surface area contributed by atoms with Crippen molar-refractivity contribution in [3.63, 3.8) is 0 Å². The van der Waals surface area contributed by atoms with Crippen LogP contribution in [0.2, 0.25) is 0 Å². The summed E-state index contributed by atoms with van der Waals surface area (Å²) in [5.41, 5.74) is 3.03. The van der Waals surface area contributed by atoms with Crippen molar-refractivity contribution >= 4 is 23.2 Å². The van der Waals surface area contributed by atoms with Crippen LogP contribution >= 0.6 is 0 Å². The molecule has 7 nitrogen and oxygen atoms in total. The van der Waals surface area contributed by atoms with Crippen molar-refractivity contribution in [1.82, 2.24) is 5.16 Å². The Hall–Kier alpha value is -3.35. The number of rotatable bonds is 5. The Morgan fingerprint density at radius 1 is 1.00 bits per heavy atom. The minimum absolute atomic E-state index is 0.150. The third-order valence-corrected chi connectivity index (χ3v) is 3.88. The Labute approximate surface area is 150 Å². The average Bonchev–Trinajstić information content (AvgIpc) is 3.18. The van der Waals surface area contributed by atoms with Gasteiger partial charge in [0, 0.05) is 30.3 Å². The fourth-order valence-corrected chi connectivity index (χ4v) is 2.56. The number of carbonyl (C=O) groups excluding carboxylic acids is 2. The monoisotopic (exact) mass is 353 g/mol. The van der Waals surface area contributed by atoms with Crippen LogP contribution in [0.1, 0.15) is 40.3 Å². The van der Waals surface area contributed by atoms with Crippen molar-refractivity contribution in [2.75, 3.05) is 10.6 Å². The SMILES string of the molecule is CC(=O)Nc1ccc(NC(=O)c2ccc(Cc3c(C)noc3C)o2)cc1. The zero-order valence-electron chi connectivity index (χ0n) is 14.8. The molecule has 2 aromatic heterocycles. The number of hydrogen-bond donors (Lipinski definition) is 2. The molecule has 2 N–H and O–H groups in total. The molecule has 0 bridgehead atoms. The maximum absolute atomic E-state index is 12.3. The van der Waals surface area contributed by atoms with Crippen LogP contribution in [0.3, 0.4) is 0 Å². The molecule has 1 aromatic carbocycles. The predicted molar refractivity (Wildman–Crippen MR) is 96.2 cm³/mol. The van der Waals surface area contributed by atoms with Gasteiger partial charge in [-0.2, -0.15) is 0 Å². The second-order valence-corrected chi connectivity index (χ2v) is 5.96. The Morgan fingerprint density at radius 3 is 2.23 bits per heavy atom. The molecule has 0 aliphatic rings. The lowest BCUT2D eigenvalue weighted by molar-refractivity contribution is -0.114. The molecule has 3 rings (SSSR count). The van der Waals surface area contributed by atoms with Crippen LogP contribution in [0.5, 0.6) is 0 Å². The highest BCUT2D eigenvalue weighted by atomic mass is 16.5. The van der Waals surface area contributed by atoms with Crippen molar-refractivity contribution in [3.8, 4) is 0 Å². The number of furan rings is 1. The lowest BCUT2D eigenvalue weighted by Gasteiger charge is -2.05. The standard InChI is InChI=1S/C19H19N3O4/c1-11-17(12(2)26-22-11)10-16-8-9-18(25-16)19(24)21-15-6-4-14(5-7-15)20-13(3)23/h4-9H,10H2,1-3H3,(H,20,23)(H,21,24). The van der Waals surface area contributed by atoms with Crippen molar-refractivity contribution in [1.29, 1.82) is 0 Å². The van der Waals surface area contributed by atoms with Crippen molar-refractivity contribution in [2.24, 2.45) is 0 Å². The number of aromatic nitrogens is 1. The van der Waals surface area contributed by atoms with Crippen LogP contribution in [0, 0.1) is 13.8 Å². The summed E-state index contributed by atoms with van der Waals surface area (Å²) in [4.78, 5) is 23.3. The van der Waals surface area contributed by atoms with E-state index < -0.39 is 0 Å². The van der Waals surface area contributed by atoms with Gasteiger partial charge in [0.05, 0.1) is 5.69 Å². The summed E-state index contributed by atoms with van der Waals surface area (Å²) in [7, 11) is 0. The third-order valence-electron chi connectivity index (χ3n) is 3.88. The number of benzene rings is 1. The number of hydrogen-bond acceptors (Lipinski definition) is 5. The van der Waals surface area contributed by atoms with Crippen LogP contribution in [-0.2, 0) is 11.2 Å². The molecule has 134 valence electrons. The van der Waals surface area contributed by atoms with E-state index in [9.17, 15) is 9.59 Å². The number of nitrogens with one attached hydrogen (secondary N) is 2. The molecule has 2 heterocycles. The van der Waals surface area contributed by atoms with E-state index in [2.05, 4.69) is 15.8 Å². The Bertz CT molecular complexity index is 919. The molecule has 0 atom stereocenters. The zero-order valence-corrected chi connectivity index (χ0v) is 14.8. The molecule has 0 fully saturated rings. The summed E-state index contributed by atoms with van der Waals surface area (Å²) in [6.45, 7) is 5.15. The van der Waals surface area contributed by atoms with Gasteiger partial charge in [-0.15, -0.1) is 0 Å². The third kappa shape index (κ3) is 4.00. The molecule has 0 unspecified atom stereocenters. The van der Waals surface area contributed by atoms with Gasteiger partial charge in [0.15, 0.2) is 5.76 Å². The van der Waals surface area contributed by atoms with E-state index in [1.165, 1.54) is 6.92 Å². The van der Waals surface area contributed by atoms with E-state index in [-0.39, 0.29) is 17.6 Å². The van der Waals surface area contributed by atoms with Crippen molar-refractivity contribution in [2.45, 2.75) is 27.2 Å². The highest BCUT2D eigenvalue weighted by molar-refractivity contribution is 6.02. The van der Waals surface area contributed by atoms with Crippen molar-refractivity contribution < 1.29 is 18.5 Å². The first-order valence-electron chi connectivity index (χ1n) is 8.12. The Kier molecular flexibility index (Phi) is 4.88. The van der Waals surface area contributed by atoms with E-state index in [1.807, 2.05) is 13.8 Å². The van der Waals surface area contributed by atoms with Crippen LogP contribution in [-0.4, -0.2) is 17.0 Å². The molecular formula is C19H19N3O4. The quantitative estimate of drug-likeness (QED) is 0.729. The summed E-state index contributed by atoms with van der Waals surface area (Å²) in [5.74, 6) is 1.12. The van der Waals surface area contributed by atoms with Crippen LogP contribution in [0.25, 0.3) is 0 Å². The van der Waals surface area contributed by atoms with Crippen LogP contribution in [0.15, 0.2) is 45.3 Å². The van der Waals surface area contributed by atoms with E-state index in [0.29, 0.717) is 23.6 Å². The maximum atomic E-state index is 12.3. The number of carbonyl (C=O) groups is 2. The van der Waals surface area contributed by atoms with Crippen molar-refractivity contribution in [3.05, 3.63) is 64.9 Å². The predicted octanol–water partition coefficient (Wildman–Crippen LogP) is 3.69. The van der Waals surface area contributed by atoms with Gasteiger partial charge in [-0.3, -0.25) is 9.59 Å². The maximum Gasteiger partial charge on any atom is 0.291 e. The average molecular weight is 353 g/mol. The van der Waals surface area contributed by atoms with E-state index >= 15 is 0 Å². The number of anilines is 2. The highest BCUT2D eigenvalue weighted by Gasteiger charge is 2.15. The molecule has 7 heteroatoms. The summed E-state index contributed by atoms with van der Waals surface area (Å²) >= 11 is 0. The van der Waals surface area contributed by atoms with Gasteiger partial charge < -0.3 is 19.6 Å². The Morgan fingerprint density at radius 2 is 1.65 bits per heavy atom. The normalized spacial score (nSPS) is 10.6. The lowest BCUT2D eigenvalue weighted by Crippen LogP contribution is -2.11. The van der Waals surface area contributed by atoms with E-state index in [0.717, 1.165) is 17.0 Å². The molecule has 0 saturated carbocycles. The topological polar surface area (TPSA) is 97.4 Å². The molecule has 3 aromatic rings. The second kappa shape index (κ2) is 7.26. The van der Waals surface area contributed by atoms with Gasteiger partial charge in [-0.1, -0.05) is 5.16 Å². The summed E-state index contributed by atoms with van der Waals surface area (Å²) in [6, 6.07) is 10.2. The largest absolute Gasteiger partial charge is 0.456 e. The Balaban J connectivity index is 1.65.